The van der Waals surface area contributed by atoms with Crippen molar-refractivity contribution in [2.24, 2.45) is 0 Å². The Morgan fingerprint density at radius 2 is 2.33 bits per heavy atom. The Kier molecular flexibility index (Phi) is 5.92. The van der Waals surface area contributed by atoms with Crippen molar-refractivity contribution in [3.05, 3.63) is 21.3 Å². The topological polar surface area (TPSA) is 35.5 Å². The molecule has 1 aliphatic heterocycles. The van der Waals surface area contributed by atoms with Gasteiger partial charge < -0.3 is 10.4 Å². The lowest BCUT2D eigenvalue weighted by atomic mass is 10.0. The van der Waals surface area contributed by atoms with Crippen molar-refractivity contribution in [1.82, 2.24) is 10.2 Å². The zero-order valence-corrected chi connectivity index (χ0v) is 12.1. The van der Waals surface area contributed by atoms with E-state index in [0.29, 0.717) is 12.6 Å². The number of thiophene rings is 1. The average molecular weight is 289 g/mol. The lowest BCUT2D eigenvalue weighted by Gasteiger charge is -2.34. The van der Waals surface area contributed by atoms with Crippen molar-refractivity contribution in [2.45, 2.75) is 31.8 Å². The summed E-state index contributed by atoms with van der Waals surface area (Å²) in [5.41, 5.74) is 0. The maximum atomic E-state index is 9.32. The number of halogens is 1. The number of hydrogen-bond donors (Lipinski definition) is 2. The molecular formula is C13H21ClN2OS. The van der Waals surface area contributed by atoms with Gasteiger partial charge in [0.05, 0.1) is 10.9 Å². The highest BCUT2D eigenvalue weighted by Crippen LogP contribution is 2.21. The highest BCUT2D eigenvalue weighted by atomic mass is 35.5. The molecule has 1 aromatic rings. The Labute approximate surface area is 118 Å². The van der Waals surface area contributed by atoms with Gasteiger partial charge in [-0.3, -0.25) is 4.90 Å². The van der Waals surface area contributed by atoms with E-state index in [0.717, 1.165) is 36.9 Å². The van der Waals surface area contributed by atoms with Crippen LogP contribution in [0, 0.1) is 0 Å². The number of nitrogens with zero attached hydrogens (tertiary/aromatic N) is 1. The predicted molar refractivity (Wildman–Crippen MR) is 77.3 cm³/mol. The van der Waals surface area contributed by atoms with Gasteiger partial charge in [0.25, 0.3) is 0 Å². The first-order valence-corrected chi connectivity index (χ1v) is 7.79. The molecule has 2 N–H and O–H groups in total. The van der Waals surface area contributed by atoms with Crippen molar-refractivity contribution in [2.75, 3.05) is 26.2 Å². The zero-order valence-electron chi connectivity index (χ0n) is 10.6. The van der Waals surface area contributed by atoms with Crippen molar-refractivity contribution < 1.29 is 5.11 Å². The lowest BCUT2D eigenvalue weighted by molar-refractivity contribution is 0.0910. The normalized spacial score (nSPS) is 21.3. The summed E-state index contributed by atoms with van der Waals surface area (Å²) in [4.78, 5) is 3.68. The fourth-order valence-electron chi connectivity index (χ4n) is 2.44. The molecule has 5 heteroatoms. The van der Waals surface area contributed by atoms with Gasteiger partial charge in [-0.15, -0.1) is 11.3 Å². The molecule has 102 valence electrons. The second-order valence-corrected chi connectivity index (χ2v) is 6.55. The second-order valence-electron chi connectivity index (χ2n) is 4.75. The van der Waals surface area contributed by atoms with Gasteiger partial charge in [0.1, 0.15) is 0 Å². The Bertz CT molecular complexity index is 359. The van der Waals surface area contributed by atoms with E-state index in [2.05, 4.69) is 16.3 Å². The largest absolute Gasteiger partial charge is 0.395 e. The molecule has 1 atom stereocenters. The van der Waals surface area contributed by atoms with Crippen LogP contribution >= 0.6 is 22.9 Å². The van der Waals surface area contributed by atoms with Crippen molar-refractivity contribution in [1.29, 1.82) is 0 Å². The molecule has 1 saturated heterocycles. The van der Waals surface area contributed by atoms with Crippen LogP contribution in [0.25, 0.3) is 0 Å². The smallest absolute Gasteiger partial charge is 0.0931 e. The van der Waals surface area contributed by atoms with E-state index in [4.69, 9.17) is 11.6 Å². The summed E-state index contributed by atoms with van der Waals surface area (Å²) in [7, 11) is 0. The van der Waals surface area contributed by atoms with Gasteiger partial charge in [-0.2, -0.15) is 0 Å². The molecule has 2 rings (SSSR count). The fraction of sp³-hybridized carbons (Fsp3) is 0.692. The van der Waals surface area contributed by atoms with Crippen molar-refractivity contribution in [3.8, 4) is 0 Å². The molecule has 1 aromatic heterocycles. The summed E-state index contributed by atoms with van der Waals surface area (Å²) < 4.78 is 0.850. The number of rotatable bonds is 6. The van der Waals surface area contributed by atoms with Crippen LogP contribution < -0.4 is 5.32 Å². The van der Waals surface area contributed by atoms with Gasteiger partial charge in [-0.25, -0.2) is 0 Å². The van der Waals surface area contributed by atoms with E-state index in [1.807, 2.05) is 6.07 Å². The van der Waals surface area contributed by atoms with Crippen molar-refractivity contribution in [3.63, 3.8) is 0 Å². The molecule has 1 aliphatic rings. The minimum absolute atomic E-state index is 0.292. The van der Waals surface area contributed by atoms with Crippen LogP contribution in [-0.2, 0) is 6.54 Å². The summed E-state index contributed by atoms with van der Waals surface area (Å²) >= 11 is 7.52. The predicted octanol–water partition coefficient (Wildman–Crippen LogP) is 2.34. The van der Waals surface area contributed by atoms with E-state index >= 15 is 0 Å². The van der Waals surface area contributed by atoms with Gasteiger partial charge in [0.15, 0.2) is 0 Å². The molecule has 0 radical (unpaired) electrons. The monoisotopic (exact) mass is 288 g/mol. The third-order valence-corrected chi connectivity index (χ3v) is 4.69. The van der Waals surface area contributed by atoms with Crippen LogP contribution in [0.2, 0.25) is 4.34 Å². The molecule has 1 unspecified atom stereocenters. The van der Waals surface area contributed by atoms with Gasteiger partial charge >= 0.3 is 0 Å². The first-order chi connectivity index (χ1) is 8.79. The number of aliphatic hydroxyl groups excluding tert-OH is 1. The van der Waals surface area contributed by atoms with Gasteiger partial charge in [0.2, 0.25) is 0 Å². The Morgan fingerprint density at radius 1 is 1.44 bits per heavy atom. The van der Waals surface area contributed by atoms with Crippen LogP contribution in [0.1, 0.15) is 24.1 Å². The molecule has 0 amide bonds. The van der Waals surface area contributed by atoms with Crippen LogP contribution in [0.15, 0.2) is 12.1 Å². The minimum Gasteiger partial charge on any atom is -0.395 e. The average Bonchev–Trinajstić information content (AvgIpc) is 2.81. The Morgan fingerprint density at radius 3 is 3.06 bits per heavy atom. The van der Waals surface area contributed by atoms with E-state index < -0.39 is 0 Å². The number of hydrogen-bond acceptors (Lipinski definition) is 4. The number of aliphatic hydroxyl groups is 1. The summed E-state index contributed by atoms with van der Waals surface area (Å²) in [6.45, 7) is 4.28. The molecule has 0 bridgehead atoms. The molecule has 2 heterocycles. The van der Waals surface area contributed by atoms with E-state index in [9.17, 15) is 5.11 Å². The first kappa shape index (κ1) is 14.3. The van der Waals surface area contributed by atoms with Crippen LogP contribution in [0.3, 0.4) is 0 Å². The maximum Gasteiger partial charge on any atom is 0.0931 e. The molecule has 0 spiro atoms. The first-order valence-electron chi connectivity index (χ1n) is 6.59. The number of nitrogens with one attached hydrogen (secondary N) is 1. The van der Waals surface area contributed by atoms with Crippen LogP contribution in [0.4, 0.5) is 0 Å². The van der Waals surface area contributed by atoms with E-state index in [1.54, 1.807) is 11.3 Å². The number of likely N-dealkylation sites (tertiary alicyclic amines) is 1. The standard InChI is InChI=1S/C13H21ClN2OS/c14-13-5-4-12(18-13)9-15-6-8-16-7-2-1-3-11(16)10-17/h4-5,11,15,17H,1-3,6-10H2. The summed E-state index contributed by atoms with van der Waals surface area (Å²) in [6.07, 6.45) is 3.65. The molecule has 0 aromatic carbocycles. The van der Waals surface area contributed by atoms with E-state index in [-0.39, 0.29) is 0 Å². The molecule has 18 heavy (non-hydrogen) atoms. The van der Waals surface area contributed by atoms with Gasteiger partial charge in [0, 0.05) is 30.6 Å². The van der Waals surface area contributed by atoms with Crippen LogP contribution in [-0.4, -0.2) is 42.3 Å². The summed E-state index contributed by atoms with van der Waals surface area (Å²) in [6, 6.07) is 4.38. The Balaban J connectivity index is 1.65. The maximum absolute atomic E-state index is 9.32. The summed E-state index contributed by atoms with van der Waals surface area (Å²) in [5, 5.41) is 12.8. The van der Waals surface area contributed by atoms with Crippen LogP contribution in [0.5, 0.6) is 0 Å². The molecule has 0 aliphatic carbocycles. The quantitative estimate of drug-likeness (QED) is 0.789. The molecule has 3 nitrogen and oxygen atoms in total. The Hall–Kier alpha value is -0.130. The minimum atomic E-state index is 0.292. The third-order valence-electron chi connectivity index (χ3n) is 3.46. The molecule has 0 saturated carbocycles. The van der Waals surface area contributed by atoms with E-state index in [1.165, 1.54) is 17.7 Å². The third kappa shape index (κ3) is 4.21. The second kappa shape index (κ2) is 7.46. The number of piperidine rings is 1. The highest BCUT2D eigenvalue weighted by Gasteiger charge is 2.20. The fourth-order valence-corrected chi connectivity index (χ4v) is 3.50. The lowest BCUT2D eigenvalue weighted by Crippen LogP contribution is -2.44. The van der Waals surface area contributed by atoms with Crippen molar-refractivity contribution >= 4 is 22.9 Å². The SMILES string of the molecule is OCC1CCCCN1CCNCc1ccc(Cl)s1. The zero-order chi connectivity index (χ0) is 12.8. The summed E-state index contributed by atoms with van der Waals surface area (Å²) in [5.74, 6) is 0. The molecule has 1 fully saturated rings. The van der Waals surface area contributed by atoms with Gasteiger partial charge in [-0.1, -0.05) is 18.0 Å². The van der Waals surface area contributed by atoms with Gasteiger partial charge in [-0.05, 0) is 31.5 Å². The highest BCUT2D eigenvalue weighted by molar-refractivity contribution is 7.16. The molecular weight excluding hydrogens is 268 g/mol.